The number of fused-ring (bicyclic) bond motifs is 1. The van der Waals surface area contributed by atoms with Crippen molar-refractivity contribution in [3.63, 3.8) is 0 Å². The number of amides is 2. The Balaban J connectivity index is 1.22. The SMILES string of the molecule is O=C(c1ccccc1)c1ccccc1C(=O)N1CCN(CC(=O)N2CCc3ccccc32)CC1. The highest BCUT2D eigenvalue weighted by atomic mass is 16.2. The Morgan fingerprint density at radius 3 is 2.09 bits per heavy atom. The van der Waals surface area contributed by atoms with E-state index in [0.29, 0.717) is 49.4 Å². The van der Waals surface area contributed by atoms with Crippen molar-refractivity contribution in [2.45, 2.75) is 6.42 Å². The maximum Gasteiger partial charge on any atom is 0.254 e. The predicted octanol–water partition coefficient (Wildman–Crippen LogP) is 3.26. The minimum atomic E-state index is -0.153. The van der Waals surface area contributed by atoms with Crippen LogP contribution >= 0.6 is 0 Å². The second kappa shape index (κ2) is 9.61. The Bertz CT molecular complexity index is 1220. The molecule has 5 rings (SSSR count). The minimum absolute atomic E-state index is 0.100. The van der Waals surface area contributed by atoms with Crippen LogP contribution in [0.15, 0.2) is 78.9 Å². The summed E-state index contributed by atoms with van der Waals surface area (Å²) < 4.78 is 0. The number of rotatable bonds is 5. The smallest absolute Gasteiger partial charge is 0.254 e. The third-order valence-electron chi connectivity index (χ3n) is 6.64. The number of ketones is 1. The van der Waals surface area contributed by atoms with E-state index in [1.54, 1.807) is 41.3 Å². The average Bonchev–Trinajstić information content (AvgIpc) is 3.33. The zero-order valence-electron chi connectivity index (χ0n) is 19.0. The molecule has 34 heavy (non-hydrogen) atoms. The van der Waals surface area contributed by atoms with Gasteiger partial charge in [0.1, 0.15) is 0 Å². The fourth-order valence-corrected chi connectivity index (χ4v) is 4.77. The Morgan fingerprint density at radius 2 is 1.32 bits per heavy atom. The number of nitrogens with zero attached hydrogens (tertiary/aromatic N) is 3. The van der Waals surface area contributed by atoms with Crippen molar-refractivity contribution in [1.82, 2.24) is 9.80 Å². The van der Waals surface area contributed by atoms with Gasteiger partial charge < -0.3 is 9.80 Å². The molecular weight excluding hydrogens is 426 g/mol. The summed E-state index contributed by atoms with van der Waals surface area (Å²) in [5, 5.41) is 0. The fourth-order valence-electron chi connectivity index (χ4n) is 4.77. The van der Waals surface area contributed by atoms with Crippen molar-refractivity contribution < 1.29 is 14.4 Å². The number of para-hydroxylation sites is 1. The first kappa shape index (κ1) is 22.0. The van der Waals surface area contributed by atoms with Crippen LogP contribution in [0.3, 0.4) is 0 Å². The van der Waals surface area contributed by atoms with Gasteiger partial charge in [-0.25, -0.2) is 0 Å². The molecular formula is C28H27N3O3. The van der Waals surface area contributed by atoms with Crippen molar-refractivity contribution in [3.05, 3.63) is 101 Å². The minimum Gasteiger partial charge on any atom is -0.336 e. The third kappa shape index (κ3) is 4.37. The van der Waals surface area contributed by atoms with E-state index in [4.69, 9.17) is 0 Å². The van der Waals surface area contributed by atoms with E-state index in [2.05, 4.69) is 11.0 Å². The quantitative estimate of drug-likeness (QED) is 0.557. The molecule has 0 unspecified atom stereocenters. The van der Waals surface area contributed by atoms with Gasteiger partial charge >= 0.3 is 0 Å². The van der Waals surface area contributed by atoms with Crippen LogP contribution < -0.4 is 4.90 Å². The zero-order valence-corrected chi connectivity index (χ0v) is 19.0. The van der Waals surface area contributed by atoms with Crippen LogP contribution in [0.2, 0.25) is 0 Å². The molecule has 3 aromatic carbocycles. The summed E-state index contributed by atoms with van der Waals surface area (Å²) in [5.74, 6) is -0.192. The van der Waals surface area contributed by atoms with Gasteiger partial charge in [0.2, 0.25) is 5.91 Å². The van der Waals surface area contributed by atoms with E-state index in [-0.39, 0.29) is 17.6 Å². The maximum absolute atomic E-state index is 13.3. The van der Waals surface area contributed by atoms with Gasteiger partial charge in [-0.1, -0.05) is 66.7 Å². The largest absolute Gasteiger partial charge is 0.336 e. The lowest BCUT2D eigenvalue weighted by molar-refractivity contribution is -0.120. The van der Waals surface area contributed by atoms with Crippen molar-refractivity contribution in [2.24, 2.45) is 0 Å². The van der Waals surface area contributed by atoms with E-state index in [9.17, 15) is 14.4 Å². The maximum atomic E-state index is 13.3. The summed E-state index contributed by atoms with van der Waals surface area (Å²) in [7, 11) is 0. The molecule has 0 bridgehead atoms. The van der Waals surface area contributed by atoms with Crippen LogP contribution in [0.1, 0.15) is 31.8 Å². The number of carbonyl (C=O) groups excluding carboxylic acids is 3. The number of carbonyl (C=O) groups is 3. The molecule has 2 amide bonds. The Morgan fingerprint density at radius 1 is 0.676 bits per heavy atom. The topological polar surface area (TPSA) is 60.9 Å². The number of piperazine rings is 1. The summed E-state index contributed by atoms with van der Waals surface area (Å²) in [4.78, 5) is 45.0. The lowest BCUT2D eigenvalue weighted by Gasteiger charge is -2.35. The average molecular weight is 454 g/mol. The van der Waals surface area contributed by atoms with Gasteiger partial charge in [0, 0.05) is 49.5 Å². The molecule has 6 nitrogen and oxygen atoms in total. The fraction of sp³-hybridized carbons (Fsp3) is 0.250. The van der Waals surface area contributed by atoms with Crippen LogP contribution in [-0.2, 0) is 11.2 Å². The van der Waals surface area contributed by atoms with Crippen LogP contribution in [0.25, 0.3) is 0 Å². The molecule has 6 heteroatoms. The molecule has 0 atom stereocenters. The first-order chi connectivity index (χ1) is 16.6. The Kier molecular flexibility index (Phi) is 6.23. The van der Waals surface area contributed by atoms with Crippen LogP contribution in [0, 0.1) is 0 Å². The van der Waals surface area contributed by atoms with Gasteiger partial charge in [-0.3, -0.25) is 19.3 Å². The number of benzene rings is 3. The predicted molar refractivity (Wildman–Crippen MR) is 131 cm³/mol. The summed E-state index contributed by atoms with van der Waals surface area (Å²) >= 11 is 0. The van der Waals surface area contributed by atoms with E-state index in [1.165, 1.54) is 5.56 Å². The Hall–Kier alpha value is -3.77. The van der Waals surface area contributed by atoms with Gasteiger partial charge in [0.05, 0.1) is 12.1 Å². The molecule has 2 aliphatic rings. The standard InChI is InChI=1S/C28H27N3O3/c32-26(31-15-14-21-8-4-7-13-25(21)31)20-29-16-18-30(19-17-29)28(34)24-12-6-5-11-23(24)27(33)22-9-2-1-3-10-22/h1-13H,14-20H2. The molecule has 0 saturated carbocycles. The molecule has 0 radical (unpaired) electrons. The van der Waals surface area contributed by atoms with Crippen molar-refractivity contribution in [2.75, 3.05) is 44.2 Å². The molecule has 0 N–H and O–H groups in total. The normalized spacial score (nSPS) is 15.8. The lowest BCUT2D eigenvalue weighted by atomic mass is 9.97. The molecule has 0 spiro atoms. The van der Waals surface area contributed by atoms with Gasteiger partial charge in [-0.15, -0.1) is 0 Å². The molecule has 0 aromatic heterocycles. The van der Waals surface area contributed by atoms with Gasteiger partial charge in [-0.2, -0.15) is 0 Å². The summed E-state index contributed by atoms with van der Waals surface area (Å²) in [5.41, 5.74) is 3.64. The second-order valence-electron chi connectivity index (χ2n) is 8.73. The molecule has 0 aliphatic carbocycles. The highest BCUT2D eigenvalue weighted by molar-refractivity contribution is 6.15. The number of anilines is 1. The van der Waals surface area contributed by atoms with Crippen molar-refractivity contribution in [1.29, 1.82) is 0 Å². The van der Waals surface area contributed by atoms with Gasteiger partial charge in [0.15, 0.2) is 5.78 Å². The monoisotopic (exact) mass is 453 g/mol. The van der Waals surface area contributed by atoms with Crippen molar-refractivity contribution in [3.8, 4) is 0 Å². The van der Waals surface area contributed by atoms with Crippen molar-refractivity contribution >= 4 is 23.3 Å². The van der Waals surface area contributed by atoms with E-state index < -0.39 is 0 Å². The molecule has 1 saturated heterocycles. The van der Waals surface area contributed by atoms with E-state index >= 15 is 0 Å². The molecule has 2 heterocycles. The summed E-state index contributed by atoms with van der Waals surface area (Å²) in [6.07, 6.45) is 0.894. The number of hydrogen-bond acceptors (Lipinski definition) is 4. The highest BCUT2D eigenvalue weighted by Gasteiger charge is 2.29. The first-order valence-corrected chi connectivity index (χ1v) is 11.7. The van der Waals surface area contributed by atoms with Gasteiger partial charge in [-0.05, 0) is 24.1 Å². The van der Waals surface area contributed by atoms with Crippen LogP contribution in [-0.4, -0.2) is 66.7 Å². The van der Waals surface area contributed by atoms with Gasteiger partial charge in [0.25, 0.3) is 5.91 Å². The van der Waals surface area contributed by atoms with Crippen LogP contribution in [0.4, 0.5) is 5.69 Å². The highest BCUT2D eigenvalue weighted by Crippen LogP contribution is 2.27. The van der Waals surface area contributed by atoms with E-state index in [1.807, 2.05) is 41.3 Å². The molecule has 2 aliphatic heterocycles. The zero-order chi connectivity index (χ0) is 23.5. The van der Waals surface area contributed by atoms with Crippen LogP contribution in [0.5, 0.6) is 0 Å². The third-order valence-corrected chi connectivity index (χ3v) is 6.64. The molecule has 1 fully saturated rings. The molecule has 3 aromatic rings. The van der Waals surface area contributed by atoms with E-state index in [0.717, 1.165) is 18.7 Å². The summed E-state index contributed by atoms with van der Waals surface area (Å²) in [6, 6.07) is 24.1. The Labute approximate surface area is 199 Å². The first-order valence-electron chi connectivity index (χ1n) is 11.7. The summed E-state index contributed by atoms with van der Waals surface area (Å²) in [6.45, 7) is 3.37. The lowest BCUT2D eigenvalue weighted by Crippen LogP contribution is -2.51. The number of hydrogen-bond donors (Lipinski definition) is 0. The molecule has 172 valence electrons. The second-order valence-corrected chi connectivity index (χ2v) is 8.73.